The quantitative estimate of drug-likeness (QED) is 0.333. The summed E-state index contributed by atoms with van der Waals surface area (Å²) in [7, 11) is 0. The van der Waals surface area contributed by atoms with E-state index in [2.05, 4.69) is 55.2 Å². The summed E-state index contributed by atoms with van der Waals surface area (Å²) in [5.74, 6) is 1.89. The highest BCUT2D eigenvalue weighted by Gasteiger charge is 2.26. The minimum atomic E-state index is -0.577. The van der Waals surface area contributed by atoms with Crippen LogP contribution < -0.4 is 26.0 Å². The molecule has 1 aromatic heterocycles. The van der Waals surface area contributed by atoms with E-state index in [0.717, 1.165) is 42.9 Å². The minimum Gasteiger partial charge on any atom is -0.484 e. The number of hydrogen-bond acceptors (Lipinski definition) is 8. The van der Waals surface area contributed by atoms with E-state index in [1.54, 1.807) is 12.1 Å². The molecule has 1 aliphatic carbocycles. The molecule has 0 spiro atoms. The molecule has 0 saturated heterocycles. The number of hydrogen-bond donors (Lipinski definition) is 4. The molecule has 3 aliphatic rings. The molecule has 2 aliphatic heterocycles. The van der Waals surface area contributed by atoms with E-state index in [0.29, 0.717) is 42.8 Å². The summed E-state index contributed by atoms with van der Waals surface area (Å²) in [6.45, 7) is 4.74. The van der Waals surface area contributed by atoms with Gasteiger partial charge in [0.1, 0.15) is 29.8 Å². The Morgan fingerprint density at radius 1 is 0.929 bits per heavy atom. The molecule has 1 saturated carbocycles. The zero-order valence-electron chi connectivity index (χ0n) is 24.3. The van der Waals surface area contributed by atoms with Crippen molar-refractivity contribution in [2.45, 2.75) is 58.0 Å². The van der Waals surface area contributed by atoms with Gasteiger partial charge in [-0.3, -0.25) is 14.5 Å². The Morgan fingerprint density at radius 3 is 2.45 bits per heavy atom. The van der Waals surface area contributed by atoms with Gasteiger partial charge in [-0.2, -0.15) is 0 Å². The molecule has 42 heavy (non-hydrogen) atoms. The number of aromatic nitrogens is 2. The van der Waals surface area contributed by atoms with Gasteiger partial charge in [-0.15, -0.1) is 0 Å². The lowest BCUT2D eigenvalue weighted by Crippen LogP contribution is -2.50. The van der Waals surface area contributed by atoms with E-state index in [-0.39, 0.29) is 18.4 Å². The van der Waals surface area contributed by atoms with Gasteiger partial charge in [-0.25, -0.2) is 9.97 Å². The molecule has 4 N–H and O–H groups in total. The van der Waals surface area contributed by atoms with Crippen molar-refractivity contribution in [3.8, 4) is 5.75 Å². The van der Waals surface area contributed by atoms with Crippen molar-refractivity contribution in [1.29, 1.82) is 0 Å². The van der Waals surface area contributed by atoms with Crippen LogP contribution in [0.1, 0.15) is 51.0 Å². The van der Waals surface area contributed by atoms with Crippen LogP contribution in [-0.2, 0) is 16.1 Å². The second kappa shape index (κ2) is 14.6. The molecule has 2 amide bonds. The maximum Gasteiger partial charge on any atom is 0.258 e. The van der Waals surface area contributed by atoms with Crippen molar-refractivity contribution in [3.63, 3.8) is 0 Å². The number of fused-ring (bicyclic) bond motifs is 12. The van der Waals surface area contributed by atoms with Gasteiger partial charge in [0.2, 0.25) is 5.91 Å². The normalized spacial score (nSPS) is 19.5. The van der Waals surface area contributed by atoms with Crippen molar-refractivity contribution in [2.75, 3.05) is 36.9 Å². The van der Waals surface area contributed by atoms with E-state index in [4.69, 9.17) is 4.74 Å². The average molecular weight is 572 g/mol. The fourth-order valence-corrected chi connectivity index (χ4v) is 5.61. The number of ether oxygens (including phenoxy) is 1. The maximum atomic E-state index is 13.3. The van der Waals surface area contributed by atoms with E-state index in [1.807, 2.05) is 30.3 Å². The first-order chi connectivity index (χ1) is 20.5. The van der Waals surface area contributed by atoms with Gasteiger partial charge in [0.05, 0.1) is 0 Å². The molecule has 2 aromatic carbocycles. The van der Waals surface area contributed by atoms with Crippen LogP contribution in [0.4, 0.5) is 23.0 Å². The summed E-state index contributed by atoms with van der Waals surface area (Å²) in [5.41, 5.74) is 2.91. The van der Waals surface area contributed by atoms with Gasteiger partial charge in [0, 0.05) is 37.1 Å². The van der Waals surface area contributed by atoms with E-state index < -0.39 is 6.04 Å². The standard InChI is InChI=1S/C32H41N7O3/c1-2-39-16-15-33-32(41)28(18-23-7-4-3-5-8-23)38-31(40)21-42-27-13-11-25(12-14-27)36-29-19-30(35-22-34-29)37-26-10-6-9-24(17-26)20-39/h6,9-14,17,19,22-23,28H,2-5,7-8,15-16,18,20-21H2,1H3,(H,33,41)(H,38,40)(H2,34,35,36,37). The number of likely N-dealkylation sites (N-methyl/N-ethyl adjacent to an activating group) is 1. The Morgan fingerprint density at radius 2 is 1.69 bits per heavy atom. The van der Waals surface area contributed by atoms with Gasteiger partial charge >= 0.3 is 0 Å². The van der Waals surface area contributed by atoms with Crippen LogP contribution in [0, 0.1) is 5.92 Å². The molecular formula is C32H41N7O3. The van der Waals surface area contributed by atoms with E-state index in [9.17, 15) is 9.59 Å². The SMILES string of the molecule is CCN1CCNC(=O)C(CC2CCCCC2)NC(=O)COc2ccc(cc2)Nc2cc(ncn2)Nc2cccc(c2)C1. The first kappa shape index (κ1) is 29.3. The fourth-order valence-electron chi connectivity index (χ4n) is 5.61. The number of carbonyl (C=O) groups is 2. The van der Waals surface area contributed by atoms with Gasteiger partial charge in [-0.1, -0.05) is 51.2 Å². The molecule has 6 rings (SSSR count). The molecule has 3 heterocycles. The minimum absolute atomic E-state index is 0.132. The second-order valence-corrected chi connectivity index (χ2v) is 11.1. The maximum absolute atomic E-state index is 13.3. The molecule has 10 nitrogen and oxygen atoms in total. The number of anilines is 4. The third kappa shape index (κ3) is 8.66. The van der Waals surface area contributed by atoms with Crippen LogP contribution in [0.2, 0.25) is 0 Å². The molecule has 1 fully saturated rings. The Bertz CT molecular complexity index is 1330. The average Bonchev–Trinajstić information content (AvgIpc) is 3.00. The van der Waals surface area contributed by atoms with Crippen LogP contribution in [-0.4, -0.2) is 59.0 Å². The Hall–Kier alpha value is -4.18. The summed E-state index contributed by atoms with van der Waals surface area (Å²) < 4.78 is 5.75. The van der Waals surface area contributed by atoms with Crippen LogP contribution in [0.5, 0.6) is 5.75 Å². The third-order valence-corrected chi connectivity index (χ3v) is 7.89. The van der Waals surface area contributed by atoms with Crippen molar-refractivity contribution < 1.29 is 14.3 Å². The zero-order chi connectivity index (χ0) is 29.1. The predicted octanol–water partition coefficient (Wildman–Crippen LogP) is 4.75. The van der Waals surface area contributed by atoms with Crippen molar-refractivity contribution >= 4 is 34.8 Å². The number of carbonyl (C=O) groups excluding carboxylic acids is 2. The molecule has 222 valence electrons. The van der Waals surface area contributed by atoms with Gasteiger partial charge in [0.25, 0.3) is 5.91 Å². The molecule has 3 aromatic rings. The predicted molar refractivity (Wildman–Crippen MR) is 164 cm³/mol. The van der Waals surface area contributed by atoms with Crippen molar-refractivity contribution in [3.05, 3.63) is 66.5 Å². The van der Waals surface area contributed by atoms with E-state index in [1.165, 1.54) is 25.6 Å². The van der Waals surface area contributed by atoms with Crippen LogP contribution >= 0.6 is 0 Å². The molecule has 1 atom stereocenters. The second-order valence-electron chi connectivity index (χ2n) is 11.1. The topological polar surface area (TPSA) is 121 Å². The lowest BCUT2D eigenvalue weighted by Gasteiger charge is -2.27. The summed E-state index contributed by atoms with van der Waals surface area (Å²) in [6, 6.07) is 16.8. The Balaban J connectivity index is 1.34. The highest BCUT2D eigenvalue weighted by Crippen LogP contribution is 2.27. The molecule has 6 bridgehead atoms. The van der Waals surface area contributed by atoms with Gasteiger partial charge < -0.3 is 26.0 Å². The smallest absolute Gasteiger partial charge is 0.258 e. The molecule has 1 unspecified atom stereocenters. The van der Waals surface area contributed by atoms with Gasteiger partial charge in [-0.05, 0) is 60.8 Å². The van der Waals surface area contributed by atoms with Crippen LogP contribution in [0.3, 0.4) is 0 Å². The highest BCUT2D eigenvalue weighted by atomic mass is 16.5. The van der Waals surface area contributed by atoms with E-state index >= 15 is 0 Å². The molecular weight excluding hydrogens is 530 g/mol. The first-order valence-electron chi connectivity index (χ1n) is 15.0. The number of rotatable bonds is 3. The Labute approximate surface area is 247 Å². The Kier molecular flexibility index (Phi) is 10.2. The fraction of sp³-hybridized carbons (Fsp3) is 0.438. The monoisotopic (exact) mass is 571 g/mol. The van der Waals surface area contributed by atoms with Crippen LogP contribution in [0.15, 0.2) is 60.9 Å². The first-order valence-corrected chi connectivity index (χ1v) is 15.0. The lowest BCUT2D eigenvalue weighted by atomic mass is 9.84. The molecule has 10 heteroatoms. The van der Waals surface area contributed by atoms with Gasteiger partial charge in [0.15, 0.2) is 6.61 Å². The largest absolute Gasteiger partial charge is 0.484 e. The van der Waals surface area contributed by atoms with Crippen molar-refractivity contribution in [2.24, 2.45) is 5.92 Å². The lowest BCUT2D eigenvalue weighted by molar-refractivity contribution is -0.130. The third-order valence-electron chi connectivity index (χ3n) is 7.89. The summed E-state index contributed by atoms with van der Waals surface area (Å²) in [4.78, 5) is 37.2. The zero-order valence-corrected chi connectivity index (χ0v) is 24.3. The summed E-state index contributed by atoms with van der Waals surface area (Å²) in [5, 5.41) is 12.7. The number of amides is 2. The number of nitrogens with one attached hydrogen (secondary N) is 4. The summed E-state index contributed by atoms with van der Waals surface area (Å²) >= 11 is 0. The summed E-state index contributed by atoms with van der Waals surface area (Å²) in [6.07, 6.45) is 7.97. The number of benzene rings is 2. The number of nitrogens with zero attached hydrogens (tertiary/aromatic N) is 3. The van der Waals surface area contributed by atoms with Crippen LogP contribution in [0.25, 0.3) is 0 Å². The molecule has 0 radical (unpaired) electrons. The highest BCUT2D eigenvalue weighted by molar-refractivity contribution is 5.88. The van der Waals surface area contributed by atoms with Crippen molar-refractivity contribution in [1.82, 2.24) is 25.5 Å².